The van der Waals surface area contributed by atoms with Crippen molar-refractivity contribution < 1.29 is 31.4 Å². The number of benzene rings is 3. The molecule has 0 aliphatic carbocycles. The summed E-state index contributed by atoms with van der Waals surface area (Å²) in [5.74, 6) is -0.146. The Morgan fingerprint density at radius 3 is 2.40 bits per heavy atom. The first-order valence-electron chi connectivity index (χ1n) is 11.8. The highest BCUT2D eigenvalue weighted by molar-refractivity contribution is 7.89. The number of phenols is 1. The maximum Gasteiger partial charge on any atom is 0.416 e. The van der Waals surface area contributed by atoms with Crippen LogP contribution in [-0.2, 0) is 22.7 Å². The van der Waals surface area contributed by atoms with Gasteiger partial charge in [-0.2, -0.15) is 22.7 Å². The summed E-state index contributed by atoms with van der Waals surface area (Å²) >= 11 is 12.5. The van der Waals surface area contributed by atoms with Gasteiger partial charge in [0.05, 0.1) is 23.3 Å². The van der Waals surface area contributed by atoms with Crippen molar-refractivity contribution in [1.82, 2.24) is 9.29 Å². The van der Waals surface area contributed by atoms with Gasteiger partial charge in [0.25, 0.3) is 5.56 Å². The van der Waals surface area contributed by atoms with Crippen molar-refractivity contribution in [2.24, 2.45) is 0 Å². The van der Waals surface area contributed by atoms with E-state index in [4.69, 9.17) is 27.9 Å². The van der Waals surface area contributed by atoms with Crippen LogP contribution in [0.25, 0.3) is 22.4 Å². The summed E-state index contributed by atoms with van der Waals surface area (Å²) in [4.78, 5) is 15.2. The average Bonchev–Trinajstić information content (AvgIpc) is 2.93. The Bertz CT molecular complexity index is 1900. The van der Waals surface area contributed by atoms with E-state index in [2.05, 4.69) is 4.98 Å². The fourth-order valence-corrected chi connectivity index (χ4v) is 5.83. The predicted octanol–water partition coefficient (Wildman–Crippen LogP) is 6.44. The van der Waals surface area contributed by atoms with Crippen molar-refractivity contribution in [2.45, 2.75) is 17.6 Å². The Morgan fingerprint density at radius 1 is 1.05 bits per heavy atom. The number of nitrogens with zero attached hydrogens (tertiary/aromatic N) is 2. The van der Waals surface area contributed by atoms with Gasteiger partial charge in [-0.1, -0.05) is 29.3 Å². The van der Waals surface area contributed by atoms with E-state index < -0.39 is 38.6 Å². The second-order valence-corrected chi connectivity index (χ2v) is 11.9. The Hall–Kier alpha value is -4.02. The van der Waals surface area contributed by atoms with Gasteiger partial charge in [0.2, 0.25) is 10.0 Å². The summed E-state index contributed by atoms with van der Waals surface area (Å²) in [5.41, 5.74) is -3.11. The quantitative estimate of drug-likeness (QED) is 0.240. The van der Waals surface area contributed by atoms with E-state index in [1.807, 2.05) is 0 Å². The molecule has 0 fully saturated rings. The molecule has 4 rings (SSSR count). The van der Waals surface area contributed by atoms with Gasteiger partial charge in [-0.05, 0) is 48.5 Å². The monoisotopic (exact) mass is 637 g/mol. The smallest absolute Gasteiger partial charge is 0.416 e. The third kappa shape index (κ3) is 6.10. The number of H-pyrrole nitrogens is 1. The van der Waals surface area contributed by atoms with Crippen LogP contribution in [-0.4, -0.2) is 37.0 Å². The SMILES string of the molecule is COc1cccc(S(=O)(=O)N(C)Cc2cc(Cl)cc(-c3cc(-c4cc(C(F)(F)F)ccc4Cl)c(C#N)c(=O)[nH]3)c2O)c1. The molecule has 42 heavy (non-hydrogen) atoms. The number of ether oxygens (including phenoxy) is 1. The van der Waals surface area contributed by atoms with Gasteiger partial charge in [-0.3, -0.25) is 4.79 Å². The van der Waals surface area contributed by atoms with Crippen molar-refractivity contribution in [1.29, 1.82) is 5.26 Å². The largest absolute Gasteiger partial charge is 0.507 e. The molecule has 14 heteroatoms. The molecule has 0 bridgehead atoms. The highest BCUT2D eigenvalue weighted by Gasteiger charge is 2.32. The second-order valence-electron chi connectivity index (χ2n) is 9.01. The number of aromatic nitrogens is 1. The molecule has 0 aliphatic rings. The van der Waals surface area contributed by atoms with Crippen molar-refractivity contribution in [3.05, 3.63) is 97.8 Å². The maximum absolute atomic E-state index is 13.4. The molecule has 0 spiro atoms. The first-order chi connectivity index (χ1) is 19.7. The molecule has 4 aromatic rings. The standard InChI is InChI=1S/C28H20Cl2F3N3O5S/c1-36(42(39,40)19-5-3-4-18(11-19)41-2)14-15-8-17(29)10-22(26(15)37)25-12-20(23(13-34)27(38)35-25)21-9-16(28(31,32)33)6-7-24(21)30/h3-12,37H,14H2,1-2H3,(H,35,38). The minimum Gasteiger partial charge on any atom is -0.507 e. The molecule has 0 radical (unpaired) electrons. The third-order valence-corrected chi connectivity index (χ3v) is 8.66. The Labute approximate surface area is 248 Å². The number of sulfonamides is 1. The molecule has 0 aliphatic heterocycles. The Morgan fingerprint density at radius 2 is 1.76 bits per heavy atom. The van der Waals surface area contributed by atoms with Gasteiger partial charge in [0.15, 0.2) is 0 Å². The molecule has 0 amide bonds. The van der Waals surface area contributed by atoms with E-state index in [9.17, 15) is 36.8 Å². The lowest BCUT2D eigenvalue weighted by Crippen LogP contribution is -2.26. The van der Waals surface area contributed by atoms with Gasteiger partial charge >= 0.3 is 6.18 Å². The number of methoxy groups -OCH3 is 1. The van der Waals surface area contributed by atoms with E-state index >= 15 is 0 Å². The lowest BCUT2D eigenvalue weighted by atomic mass is 9.96. The third-order valence-electron chi connectivity index (χ3n) is 6.32. The zero-order valence-corrected chi connectivity index (χ0v) is 24.1. The van der Waals surface area contributed by atoms with Gasteiger partial charge in [-0.15, -0.1) is 0 Å². The summed E-state index contributed by atoms with van der Waals surface area (Å²) in [6.07, 6.45) is -4.73. The number of nitrogens with one attached hydrogen (secondary N) is 1. The maximum atomic E-state index is 13.4. The van der Waals surface area contributed by atoms with Crippen LogP contribution in [0.1, 0.15) is 16.7 Å². The molecule has 1 heterocycles. The Kier molecular flexibility index (Phi) is 8.61. The molecule has 0 saturated carbocycles. The molecule has 218 valence electrons. The number of rotatable bonds is 7. The summed E-state index contributed by atoms with van der Waals surface area (Å²) in [6, 6.07) is 13.7. The van der Waals surface area contributed by atoms with Gasteiger partial charge in [-0.25, -0.2) is 8.42 Å². The number of hydrogen-bond donors (Lipinski definition) is 2. The summed E-state index contributed by atoms with van der Waals surface area (Å²) in [5, 5.41) is 20.7. The van der Waals surface area contributed by atoms with Crippen LogP contribution < -0.4 is 10.3 Å². The number of pyridine rings is 1. The van der Waals surface area contributed by atoms with Gasteiger partial charge < -0.3 is 14.8 Å². The first-order valence-corrected chi connectivity index (χ1v) is 14.0. The summed E-state index contributed by atoms with van der Waals surface area (Å²) < 4.78 is 72.7. The van der Waals surface area contributed by atoms with Gasteiger partial charge in [0, 0.05) is 52.0 Å². The van der Waals surface area contributed by atoms with E-state index in [0.29, 0.717) is 11.8 Å². The second kappa shape index (κ2) is 11.7. The topological polar surface area (TPSA) is 123 Å². The van der Waals surface area contributed by atoms with Crippen molar-refractivity contribution in [3.63, 3.8) is 0 Å². The van der Waals surface area contributed by atoms with Crippen LogP contribution in [0.15, 0.2) is 70.4 Å². The van der Waals surface area contributed by atoms with Crippen LogP contribution >= 0.6 is 23.2 Å². The van der Waals surface area contributed by atoms with Crippen molar-refractivity contribution in [2.75, 3.05) is 14.2 Å². The van der Waals surface area contributed by atoms with Gasteiger partial charge in [0.1, 0.15) is 23.1 Å². The number of phenolic OH excluding ortho intramolecular Hbond substituents is 1. The van der Waals surface area contributed by atoms with Crippen LogP contribution in [0.2, 0.25) is 10.0 Å². The number of alkyl halides is 3. The highest BCUT2D eigenvalue weighted by Crippen LogP contribution is 2.40. The van der Waals surface area contributed by atoms with Crippen LogP contribution in [0, 0.1) is 11.3 Å². The fourth-order valence-electron chi connectivity index (χ4n) is 4.18. The molecule has 3 aromatic carbocycles. The molecular formula is C28H20Cl2F3N3O5S. The number of nitriles is 1. The molecule has 0 unspecified atom stereocenters. The van der Waals surface area contributed by atoms with E-state index in [1.165, 1.54) is 50.6 Å². The Balaban J connectivity index is 1.83. The lowest BCUT2D eigenvalue weighted by molar-refractivity contribution is -0.137. The predicted molar refractivity (Wildman–Crippen MR) is 151 cm³/mol. The summed E-state index contributed by atoms with van der Waals surface area (Å²) in [6.45, 7) is -0.355. The van der Waals surface area contributed by atoms with E-state index in [0.717, 1.165) is 16.4 Å². The molecule has 8 nitrogen and oxygen atoms in total. The first kappa shape index (κ1) is 30.9. The van der Waals surface area contributed by atoms with E-state index in [1.54, 1.807) is 12.1 Å². The average molecular weight is 638 g/mol. The zero-order chi connectivity index (χ0) is 31.0. The van der Waals surface area contributed by atoms with Crippen LogP contribution in [0.3, 0.4) is 0 Å². The molecule has 1 aromatic heterocycles. The van der Waals surface area contributed by atoms with E-state index in [-0.39, 0.29) is 49.4 Å². The molecular weight excluding hydrogens is 618 g/mol. The van der Waals surface area contributed by atoms with Crippen LogP contribution in [0.4, 0.5) is 13.2 Å². The fraction of sp³-hybridized carbons (Fsp3) is 0.143. The normalized spacial score (nSPS) is 11.9. The number of hydrogen-bond acceptors (Lipinski definition) is 6. The summed E-state index contributed by atoms with van der Waals surface area (Å²) in [7, 11) is -1.38. The van der Waals surface area contributed by atoms with Crippen LogP contribution in [0.5, 0.6) is 11.5 Å². The highest BCUT2D eigenvalue weighted by atomic mass is 35.5. The molecule has 2 N–H and O–H groups in total. The number of halogens is 5. The minimum atomic E-state index is -4.73. The lowest BCUT2D eigenvalue weighted by Gasteiger charge is -2.20. The molecule has 0 atom stereocenters. The molecule has 0 saturated heterocycles. The number of aromatic hydroxyl groups is 1. The zero-order valence-electron chi connectivity index (χ0n) is 21.8. The number of aromatic amines is 1. The minimum absolute atomic E-state index is 0.0499. The van der Waals surface area contributed by atoms with Crippen molar-refractivity contribution >= 4 is 33.2 Å². The van der Waals surface area contributed by atoms with Crippen molar-refractivity contribution in [3.8, 4) is 40.0 Å².